The van der Waals surface area contributed by atoms with Crippen molar-refractivity contribution >= 4 is 37.5 Å². The number of amides is 1. The highest BCUT2D eigenvalue weighted by molar-refractivity contribution is 9.10. The summed E-state index contributed by atoms with van der Waals surface area (Å²) in [6, 6.07) is 13.4. The molecule has 28 heavy (non-hydrogen) atoms. The zero-order chi connectivity index (χ0) is 20.6. The van der Waals surface area contributed by atoms with E-state index in [1.807, 2.05) is 13.8 Å². The highest BCUT2D eigenvalue weighted by Gasteiger charge is 2.23. The van der Waals surface area contributed by atoms with E-state index in [1.165, 1.54) is 0 Å². The lowest BCUT2D eigenvalue weighted by Crippen LogP contribution is -2.33. The average molecular weight is 467 g/mol. The first-order valence-corrected chi connectivity index (χ1v) is 11.8. The molecule has 0 radical (unpaired) electrons. The molecule has 0 fully saturated rings. The van der Waals surface area contributed by atoms with Gasteiger partial charge >= 0.3 is 0 Å². The molecule has 1 N–H and O–H groups in total. The summed E-state index contributed by atoms with van der Waals surface area (Å²) >= 11 is 3.34. The molecule has 0 spiro atoms. The Hall–Kier alpha value is -1.70. The quantitative estimate of drug-likeness (QED) is 0.516. The van der Waals surface area contributed by atoms with Crippen molar-refractivity contribution in [1.29, 1.82) is 0 Å². The van der Waals surface area contributed by atoms with E-state index in [-0.39, 0.29) is 10.8 Å². The lowest BCUT2D eigenvalue weighted by atomic mass is 10.2. The van der Waals surface area contributed by atoms with Crippen molar-refractivity contribution < 1.29 is 13.2 Å². The van der Waals surface area contributed by atoms with E-state index in [1.54, 1.807) is 52.8 Å². The smallest absolute Gasteiger partial charge is 0.255 e. The second kappa shape index (κ2) is 10.7. The van der Waals surface area contributed by atoms with Crippen molar-refractivity contribution in [3.05, 3.63) is 58.6 Å². The fourth-order valence-electron chi connectivity index (χ4n) is 2.68. The van der Waals surface area contributed by atoms with E-state index >= 15 is 0 Å². The third-order valence-electron chi connectivity index (χ3n) is 4.38. The summed E-state index contributed by atoms with van der Waals surface area (Å²) in [7, 11) is -3.53. The normalized spacial score (nSPS) is 11.6. The van der Waals surface area contributed by atoms with Crippen LogP contribution in [-0.2, 0) is 10.0 Å². The number of nitrogens with one attached hydrogen (secondary N) is 1. The monoisotopic (exact) mass is 466 g/mol. The van der Waals surface area contributed by atoms with Gasteiger partial charge in [-0.2, -0.15) is 4.31 Å². The molecular weight excluding hydrogens is 440 g/mol. The lowest BCUT2D eigenvalue weighted by molar-refractivity contribution is 0.102. The highest BCUT2D eigenvalue weighted by Crippen LogP contribution is 2.20. The maximum absolute atomic E-state index is 13.0. The molecule has 0 saturated carbocycles. The molecule has 2 aromatic carbocycles. The molecule has 0 bridgehead atoms. The SMILES string of the molecule is CCCCN(CCCC)S(=O)(=O)c1ccc(NC(=O)c2ccc(Br)cc2)cc1. The molecule has 0 saturated heterocycles. The van der Waals surface area contributed by atoms with E-state index in [0.717, 1.165) is 30.2 Å². The van der Waals surface area contributed by atoms with Crippen LogP contribution in [0.15, 0.2) is 57.9 Å². The van der Waals surface area contributed by atoms with Gasteiger partial charge in [-0.25, -0.2) is 8.42 Å². The standard InChI is InChI=1S/C21H27BrN2O3S/c1-3-5-15-24(16-6-4-2)28(26,27)20-13-11-19(12-14-20)23-21(25)17-7-9-18(22)10-8-17/h7-14H,3-6,15-16H2,1-2H3,(H,23,25). The first-order valence-electron chi connectivity index (χ1n) is 9.55. The van der Waals surface area contributed by atoms with Crippen LogP contribution in [0.2, 0.25) is 0 Å². The Labute approximate surface area is 176 Å². The van der Waals surface area contributed by atoms with E-state index in [2.05, 4.69) is 21.2 Å². The van der Waals surface area contributed by atoms with Crippen LogP contribution < -0.4 is 5.32 Å². The van der Waals surface area contributed by atoms with Crippen LogP contribution in [0, 0.1) is 0 Å². The van der Waals surface area contributed by atoms with Gasteiger partial charge in [0, 0.05) is 28.8 Å². The van der Waals surface area contributed by atoms with E-state index in [9.17, 15) is 13.2 Å². The predicted molar refractivity (Wildman–Crippen MR) is 117 cm³/mol. The maximum atomic E-state index is 13.0. The Bertz CT molecular complexity index is 858. The molecule has 0 aliphatic heterocycles. The van der Waals surface area contributed by atoms with Crippen molar-refractivity contribution in [2.24, 2.45) is 0 Å². The molecule has 0 atom stereocenters. The van der Waals surface area contributed by atoms with Crippen molar-refractivity contribution in [1.82, 2.24) is 4.31 Å². The summed E-state index contributed by atoms with van der Waals surface area (Å²) in [5.41, 5.74) is 1.09. The van der Waals surface area contributed by atoms with Crippen LogP contribution in [0.4, 0.5) is 5.69 Å². The summed E-state index contributed by atoms with van der Waals surface area (Å²) in [4.78, 5) is 12.6. The number of nitrogens with zero attached hydrogens (tertiary/aromatic N) is 1. The van der Waals surface area contributed by atoms with E-state index < -0.39 is 10.0 Å². The zero-order valence-electron chi connectivity index (χ0n) is 16.3. The first-order chi connectivity index (χ1) is 13.4. The van der Waals surface area contributed by atoms with Gasteiger partial charge in [-0.15, -0.1) is 0 Å². The van der Waals surface area contributed by atoms with Crippen LogP contribution in [0.1, 0.15) is 49.9 Å². The second-order valence-electron chi connectivity index (χ2n) is 6.60. The summed E-state index contributed by atoms with van der Waals surface area (Å²) in [6.45, 7) is 5.16. The maximum Gasteiger partial charge on any atom is 0.255 e. The van der Waals surface area contributed by atoms with Gasteiger partial charge in [-0.1, -0.05) is 42.6 Å². The summed E-state index contributed by atoms with van der Waals surface area (Å²) in [5.74, 6) is -0.240. The van der Waals surface area contributed by atoms with E-state index in [4.69, 9.17) is 0 Å². The number of benzene rings is 2. The molecule has 0 aliphatic carbocycles. The van der Waals surface area contributed by atoms with Crippen LogP contribution in [0.5, 0.6) is 0 Å². The molecule has 152 valence electrons. The molecule has 0 heterocycles. The van der Waals surface area contributed by atoms with Crippen LogP contribution in [0.3, 0.4) is 0 Å². The number of sulfonamides is 1. The van der Waals surface area contributed by atoms with Crippen molar-refractivity contribution in [2.75, 3.05) is 18.4 Å². The zero-order valence-corrected chi connectivity index (χ0v) is 18.7. The molecule has 2 aromatic rings. The number of unbranched alkanes of at least 4 members (excludes halogenated alkanes) is 2. The Morgan fingerprint density at radius 2 is 1.46 bits per heavy atom. The molecular formula is C21H27BrN2O3S. The van der Waals surface area contributed by atoms with Gasteiger partial charge in [-0.05, 0) is 61.4 Å². The third-order valence-corrected chi connectivity index (χ3v) is 6.82. The topological polar surface area (TPSA) is 66.5 Å². The van der Waals surface area contributed by atoms with Gasteiger partial charge in [0.2, 0.25) is 10.0 Å². The van der Waals surface area contributed by atoms with Gasteiger partial charge in [0.15, 0.2) is 0 Å². The summed E-state index contributed by atoms with van der Waals surface area (Å²) < 4.78 is 28.4. The third kappa shape index (κ3) is 6.15. The fraction of sp³-hybridized carbons (Fsp3) is 0.381. The molecule has 7 heteroatoms. The second-order valence-corrected chi connectivity index (χ2v) is 9.45. The lowest BCUT2D eigenvalue weighted by Gasteiger charge is -2.22. The molecule has 5 nitrogen and oxygen atoms in total. The number of hydrogen-bond donors (Lipinski definition) is 1. The van der Waals surface area contributed by atoms with E-state index in [0.29, 0.717) is 24.3 Å². The first kappa shape index (κ1) is 22.6. The number of halogens is 1. The molecule has 0 aromatic heterocycles. The summed E-state index contributed by atoms with van der Waals surface area (Å²) in [6.07, 6.45) is 3.56. The van der Waals surface area contributed by atoms with Crippen molar-refractivity contribution in [2.45, 2.75) is 44.4 Å². The Kier molecular flexibility index (Phi) is 8.66. The molecule has 0 aliphatic rings. The van der Waals surface area contributed by atoms with Crippen LogP contribution in [0.25, 0.3) is 0 Å². The minimum atomic E-state index is -3.53. The largest absolute Gasteiger partial charge is 0.322 e. The van der Waals surface area contributed by atoms with Crippen LogP contribution >= 0.6 is 15.9 Å². The Balaban J connectivity index is 2.12. The number of hydrogen-bond acceptors (Lipinski definition) is 3. The predicted octanol–water partition coefficient (Wildman–Crippen LogP) is 5.29. The minimum absolute atomic E-state index is 0.240. The number of rotatable bonds is 10. The number of carbonyl (C=O) groups is 1. The molecule has 0 unspecified atom stereocenters. The number of anilines is 1. The van der Waals surface area contributed by atoms with Gasteiger partial charge in [0.1, 0.15) is 0 Å². The Morgan fingerprint density at radius 3 is 1.96 bits per heavy atom. The highest BCUT2D eigenvalue weighted by atomic mass is 79.9. The van der Waals surface area contributed by atoms with Gasteiger partial charge in [0.25, 0.3) is 5.91 Å². The Morgan fingerprint density at radius 1 is 0.929 bits per heavy atom. The van der Waals surface area contributed by atoms with Crippen molar-refractivity contribution in [3.8, 4) is 0 Å². The minimum Gasteiger partial charge on any atom is -0.322 e. The van der Waals surface area contributed by atoms with Gasteiger partial charge in [-0.3, -0.25) is 4.79 Å². The molecule has 1 amide bonds. The fourth-order valence-corrected chi connectivity index (χ4v) is 4.47. The van der Waals surface area contributed by atoms with Crippen molar-refractivity contribution in [3.63, 3.8) is 0 Å². The molecule has 2 rings (SSSR count). The van der Waals surface area contributed by atoms with Crippen LogP contribution in [-0.4, -0.2) is 31.7 Å². The van der Waals surface area contributed by atoms with Gasteiger partial charge in [0.05, 0.1) is 4.90 Å². The van der Waals surface area contributed by atoms with Gasteiger partial charge < -0.3 is 5.32 Å². The number of carbonyl (C=O) groups excluding carboxylic acids is 1. The average Bonchev–Trinajstić information content (AvgIpc) is 2.68. The summed E-state index contributed by atoms with van der Waals surface area (Å²) in [5, 5.41) is 2.79.